The molecule has 1 aromatic heterocycles. The van der Waals surface area contributed by atoms with Crippen LogP contribution >= 0.6 is 0 Å². The summed E-state index contributed by atoms with van der Waals surface area (Å²) in [4.78, 5) is 22.4. The Morgan fingerprint density at radius 3 is 2.56 bits per heavy atom. The molecule has 1 aliphatic rings. The fourth-order valence-corrected chi connectivity index (χ4v) is 2.23. The molecule has 1 saturated heterocycles. The monoisotopic (exact) mass is 248 g/mol. The fraction of sp³-hybridized carbons (Fsp3) is 0.615. The summed E-state index contributed by atoms with van der Waals surface area (Å²) in [5.41, 5.74) is -0.137. The number of likely N-dealkylation sites (tertiary alicyclic amines) is 1. The van der Waals surface area contributed by atoms with Gasteiger partial charge in [0.2, 0.25) is 5.82 Å². The van der Waals surface area contributed by atoms with E-state index >= 15 is 0 Å². The minimum atomic E-state index is -0.178. The molecule has 1 amide bonds. The van der Waals surface area contributed by atoms with Crippen LogP contribution in [-0.2, 0) is 0 Å². The Morgan fingerprint density at radius 2 is 2.00 bits per heavy atom. The van der Waals surface area contributed by atoms with Crippen molar-refractivity contribution in [1.29, 1.82) is 0 Å². The molecule has 1 N–H and O–H groups in total. The highest BCUT2D eigenvalue weighted by molar-refractivity contribution is 5.90. The van der Waals surface area contributed by atoms with Crippen LogP contribution in [-0.4, -0.2) is 45.9 Å². The van der Waals surface area contributed by atoms with Gasteiger partial charge in [-0.1, -0.05) is 6.92 Å². The highest BCUT2D eigenvalue weighted by atomic mass is 16.2. The smallest absolute Gasteiger partial charge is 0.289 e. The van der Waals surface area contributed by atoms with Gasteiger partial charge in [0.1, 0.15) is 0 Å². The molecule has 2 rings (SSSR count). The Labute approximate surface area is 108 Å². The molecule has 98 valence electrons. The molecule has 0 bridgehead atoms. The van der Waals surface area contributed by atoms with Gasteiger partial charge in [-0.3, -0.25) is 4.79 Å². The number of carbonyl (C=O) groups is 1. The Kier molecular flexibility index (Phi) is 3.91. The number of amides is 1. The van der Waals surface area contributed by atoms with Gasteiger partial charge >= 0.3 is 0 Å². The summed E-state index contributed by atoms with van der Waals surface area (Å²) in [6.07, 6.45) is 5.12. The lowest BCUT2D eigenvalue weighted by atomic mass is 9.89. The zero-order valence-corrected chi connectivity index (χ0v) is 11.0. The van der Waals surface area contributed by atoms with Crippen LogP contribution in [0.1, 0.15) is 37.3 Å². The Morgan fingerprint density at radius 1 is 1.39 bits per heavy atom. The average molecular weight is 248 g/mol. The van der Waals surface area contributed by atoms with Crippen LogP contribution in [0, 0.1) is 0 Å². The van der Waals surface area contributed by atoms with Gasteiger partial charge in [0.25, 0.3) is 5.91 Å². The van der Waals surface area contributed by atoms with E-state index in [0.717, 1.165) is 32.5 Å². The third kappa shape index (κ3) is 3.04. The SMILES string of the molecule is CCN1CCC(C)(NC(=O)c2ncccn2)CC1. The first kappa shape index (κ1) is 13.0. The minimum Gasteiger partial charge on any atom is -0.344 e. The number of hydrogen-bond donors (Lipinski definition) is 1. The molecule has 0 aliphatic carbocycles. The van der Waals surface area contributed by atoms with Gasteiger partial charge in [-0.05, 0) is 32.4 Å². The highest BCUT2D eigenvalue weighted by Gasteiger charge is 2.31. The lowest BCUT2D eigenvalue weighted by molar-refractivity contribution is 0.0828. The largest absolute Gasteiger partial charge is 0.344 e. The van der Waals surface area contributed by atoms with Crippen molar-refractivity contribution in [3.63, 3.8) is 0 Å². The second kappa shape index (κ2) is 5.44. The van der Waals surface area contributed by atoms with Gasteiger partial charge in [0, 0.05) is 31.0 Å². The van der Waals surface area contributed by atoms with Crippen molar-refractivity contribution in [3.8, 4) is 0 Å². The maximum atomic E-state index is 12.0. The summed E-state index contributed by atoms with van der Waals surface area (Å²) >= 11 is 0. The predicted molar refractivity (Wildman–Crippen MR) is 69.3 cm³/mol. The molecule has 2 heterocycles. The molecule has 0 saturated carbocycles. The molecule has 0 radical (unpaired) electrons. The molecule has 1 aromatic rings. The molecule has 0 spiro atoms. The first-order valence-corrected chi connectivity index (χ1v) is 6.45. The first-order chi connectivity index (χ1) is 8.63. The van der Waals surface area contributed by atoms with Crippen molar-refractivity contribution >= 4 is 5.91 Å². The van der Waals surface area contributed by atoms with Gasteiger partial charge < -0.3 is 10.2 Å². The zero-order chi connectivity index (χ0) is 13.0. The van der Waals surface area contributed by atoms with E-state index in [2.05, 4.69) is 34.0 Å². The van der Waals surface area contributed by atoms with Crippen molar-refractivity contribution in [1.82, 2.24) is 20.2 Å². The summed E-state index contributed by atoms with van der Waals surface area (Å²) in [6, 6.07) is 1.71. The molecule has 0 atom stereocenters. The molecule has 1 fully saturated rings. The maximum absolute atomic E-state index is 12.0. The van der Waals surface area contributed by atoms with Crippen molar-refractivity contribution in [3.05, 3.63) is 24.3 Å². The second-order valence-electron chi connectivity index (χ2n) is 5.02. The predicted octanol–water partition coefficient (Wildman–Crippen LogP) is 1.08. The molecule has 1 aliphatic heterocycles. The topological polar surface area (TPSA) is 58.1 Å². The second-order valence-corrected chi connectivity index (χ2v) is 5.02. The molecular weight excluding hydrogens is 228 g/mol. The highest BCUT2D eigenvalue weighted by Crippen LogP contribution is 2.21. The van der Waals surface area contributed by atoms with E-state index in [-0.39, 0.29) is 17.3 Å². The fourth-order valence-electron chi connectivity index (χ4n) is 2.23. The molecule has 18 heavy (non-hydrogen) atoms. The van der Waals surface area contributed by atoms with Gasteiger partial charge in [-0.2, -0.15) is 0 Å². The number of aromatic nitrogens is 2. The van der Waals surface area contributed by atoms with E-state index in [1.54, 1.807) is 18.5 Å². The van der Waals surface area contributed by atoms with E-state index in [4.69, 9.17) is 0 Å². The van der Waals surface area contributed by atoms with Crippen LogP contribution in [0.15, 0.2) is 18.5 Å². The summed E-state index contributed by atoms with van der Waals surface area (Å²) in [5.74, 6) is 0.0692. The summed E-state index contributed by atoms with van der Waals surface area (Å²) in [5, 5.41) is 3.07. The third-order valence-corrected chi connectivity index (χ3v) is 3.59. The van der Waals surface area contributed by atoms with Crippen LogP contribution in [0.4, 0.5) is 0 Å². The number of nitrogens with zero attached hydrogens (tertiary/aromatic N) is 3. The summed E-state index contributed by atoms with van der Waals surface area (Å²) in [7, 11) is 0. The number of nitrogens with one attached hydrogen (secondary N) is 1. The van der Waals surface area contributed by atoms with E-state index < -0.39 is 0 Å². The van der Waals surface area contributed by atoms with Crippen molar-refractivity contribution in [2.24, 2.45) is 0 Å². The Bertz CT molecular complexity index is 399. The molecule has 0 unspecified atom stereocenters. The minimum absolute atomic E-state index is 0.137. The Hall–Kier alpha value is -1.49. The maximum Gasteiger partial charge on any atom is 0.289 e. The quantitative estimate of drug-likeness (QED) is 0.869. The van der Waals surface area contributed by atoms with E-state index in [9.17, 15) is 4.79 Å². The summed E-state index contributed by atoms with van der Waals surface area (Å²) < 4.78 is 0. The van der Waals surface area contributed by atoms with E-state index in [1.165, 1.54) is 0 Å². The first-order valence-electron chi connectivity index (χ1n) is 6.45. The van der Waals surface area contributed by atoms with Crippen LogP contribution in [0.3, 0.4) is 0 Å². The molecular formula is C13H20N4O. The normalized spacial score (nSPS) is 19.4. The van der Waals surface area contributed by atoms with Crippen molar-refractivity contribution < 1.29 is 4.79 Å². The molecule has 0 aromatic carbocycles. The molecule has 5 nitrogen and oxygen atoms in total. The van der Waals surface area contributed by atoms with Crippen LogP contribution < -0.4 is 5.32 Å². The third-order valence-electron chi connectivity index (χ3n) is 3.59. The lowest BCUT2D eigenvalue weighted by Gasteiger charge is -2.39. The van der Waals surface area contributed by atoms with Crippen LogP contribution in [0.5, 0.6) is 0 Å². The molecule has 5 heteroatoms. The van der Waals surface area contributed by atoms with Crippen molar-refractivity contribution in [2.75, 3.05) is 19.6 Å². The van der Waals surface area contributed by atoms with Gasteiger partial charge in [0.05, 0.1) is 0 Å². The standard InChI is InChI=1S/C13H20N4O/c1-3-17-9-5-13(2,6-10-17)16-12(18)11-14-7-4-8-15-11/h4,7-8H,3,5-6,9-10H2,1-2H3,(H,16,18). The number of rotatable bonds is 3. The van der Waals surface area contributed by atoms with Gasteiger partial charge in [-0.15, -0.1) is 0 Å². The average Bonchev–Trinajstić information content (AvgIpc) is 2.40. The number of hydrogen-bond acceptors (Lipinski definition) is 4. The van der Waals surface area contributed by atoms with E-state index in [1.807, 2.05) is 0 Å². The van der Waals surface area contributed by atoms with Gasteiger partial charge in [-0.25, -0.2) is 9.97 Å². The van der Waals surface area contributed by atoms with Crippen LogP contribution in [0.25, 0.3) is 0 Å². The number of piperidine rings is 1. The number of carbonyl (C=O) groups excluding carboxylic acids is 1. The summed E-state index contributed by atoms with van der Waals surface area (Å²) in [6.45, 7) is 7.40. The zero-order valence-electron chi connectivity index (χ0n) is 11.0. The Balaban J connectivity index is 1.95. The van der Waals surface area contributed by atoms with Crippen LogP contribution in [0.2, 0.25) is 0 Å². The lowest BCUT2D eigenvalue weighted by Crippen LogP contribution is -2.53. The van der Waals surface area contributed by atoms with E-state index in [0.29, 0.717) is 0 Å². The van der Waals surface area contributed by atoms with Gasteiger partial charge in [0.15, 0.2) is 0 Å². The van der Waals surface area contributed by atoms with Crippen molar-refractivity contribution in [2.45, 2.75) is 32.2 Å².